The van der Waals surface area contributed by atoms with E-state index in [4.69, 9.17) is 11.6 Å². The van der Waals surface area contributed by atoms with Gasteiger partial charge in [-0.05, 0) is 24.3 Å². The largest absolute Gasteiger partial charge is 0.508 e. The van der Waals surface area contributed by atoms with Gasteiger partial charge in [-0.25, -0.2) is 0 Å². The summed E-state index contributed by atoms with van der Waals surface area (Å²) >= 11 is 6.18. The number of nitrogens with zero attached hydrogens (tertiary/aromatic N) is 1. The van der Waals surface area contributed by atoms with Crippen LogP contribution in [0.1, 0.15) is 0 Å². The standard InChI is InChI=1S/C14H11ClN2O2/c15-13-14(19)16-11-6-1-2-7-12(11)17(13)9-4-3-5-10(18)8-9/h1-8,13,18H,(H,16,19)/t13-/m1/s1. The van der Waals surface area contributed by atoms with Gasteiger partial charge in [0, 0.05) is 11.8 Å². The van der Waals surface area contributed by atoms with Gasteiger partial charge >= 0.3 is 0 Å². The number of phenols is 1. The fraction of sp³-hybridized carbons (Fsp3) is 0.0714. The Balaban J connectivity index is 2.16. The Bertz CT molecular complexity index is 645. The fourth-order valence-corrected chi connectivity index (χ4v) is 2.41. The van der Waals surface area contributed by atoms with Gasteiger partial charge in [0.05, 0.1) is 11.4 Å². The fourth-order valence-electron chi connectivity index (χ4n) is 2.13. The molecule has 1 amide bonds. The maximum absolute atomic E-state index is 11.9. The topological polar surface area (TPSA) is 52.6 Å². The zero-order chi connectivity index (χ0) is 13.4. The predicted molar refractivity (Wildman–Crippen MR) is 75.0 cm³/mol. The number of phenolic OH excluding ortho intramolecular Hbond substituents is 1. The van der Waals surface area contributed by atoms with E-state index in [0.29, 0.717) is 11.4 Å². The number of nitrogens with one attached hydrogen (secondary N) is 1. The van der Waals surface area contributed by atoms with Crippen LogP contribution in [0, 0.1) is 0 Å². The van der Waals surface area contributed by atoms with Crippen LogP contribution in [0.5, 0.6) is 5.75 Å². The molecule has 96 valence electrons. The third kappa shape index (κ3) is 2.00. The maximum Gasteiger partial charge on any atom is 0.263 e. The van der Waals surface area contributed by atoms with Crippen LogP contribution >= 0.6 is 11.6 Å². The van der Waals surface area contributed by atoms with Gasteiger partial charge in [0.2, 0.25) is 0 Å². The Hall–Kier alpha value is -2.20. The monoisotopic (exact) mass is 274 g/mol. The van der Waals surface area contributed by atoms with Crippen molar-refractivity contribution in [3.8, 4) is 5.75 Å². The molecule has 1 aliphatic rings. The molecule has 2 N–H and O–H groups in total. The molecule has 0 aliphatic carbocycles. The molecule has 0 unspecified atom stereocenters. The zero-order valence-corrected chi connectivity index (χ0v) is 10.6. The summed E-state index contributed by atoms with van der Waals surface area (Å²) in [6.07, 6.45) is 0. The Labute approximate surface area is 115 Å². The zero-order valence-electron chi connectivity index (χ0n) is 9.88. The minimum Gasteiger partial charge on any atom is -0.508 e. The molecule has 0 saturated heterocycles. The first kappa shape index (κ1) is 11.9. The van der Waals surface area contributed by atoms with E-state index in [1.807, 2.05) is 24.3 Å². The second kappa shape index (κ2) is 4.48. The molecule has 2 aromatic carbocycles. The molecular weight excluding hydrogens is 264 g/mol. The first-order valence-corrected chi connectivity index (χ1v) is 6.23. The van der Waals surface area contributed by atoms with E-state index in [1.54, 1.807) is 29.2 Å². The van der Waals surface area contributed by atoms with Crippen LogP contribution in [-0.2, 0) is 4.79 Å². The third-order valence-electron chi connectivity index (χ3n) is 2.97. The minimum absolute atomic E-state index is 0.129. The Kier molecular flexibility index (Phi) is 2.80. The summed E-state index contributed by atoms with van der Waals surface area (Å²) in [5.74, 6) is -0.159. The Morgan fingerprint density at radius 2 is 1.95 bits per heavy atom. The summed E-state index contributed by atoms with van der Waals surface area (Å²) in [5, 5.41) is 12.3. The normalized spacial score (nSPS) is 17.8. The third-order valence-corrected chi connectivity index (χ3v) is 3.37. The number of para-hydroxylation sites is 2. The number of alkyl halides is 1. The van der Waals surface area contributed by atoms with E-state index >= 15 is 0 Å². The first-order valence-electron chi connectivity index (χ1n) is 5.79. The molecular formula is C14H11ClN2O2. The molecule has 2 aromatic rings. The molecule has 3 rings (SSSR count). The van der Waals surface area contributed by atoms with Crippen molar-refractivity contribution in [1.82, 2.24) is 0 Å². The van der Waals surface area contributed by atoms with Crippen molar-refractivity contribution in [3.05, 3.63) is 48.5 Å². The highest BCUT2D eigenvalue weighted by Crippen LogP contribution is 2.39. The lowest BCUT2D eigenvalue weighted by atomic mass is 10.1. The van der Waals surface area contributed by atoms with Crippen molar-refractivity contribution in [2.24, 2.45) is 0 Å². The van der Waals surface area contributed by atoms with E-state index in [9.17, 15) is 9.90 Å². The van der Waals surface area contributed by atoms with E-state index in [-0.39, 0.29) is 11.7 Å². The number of rotatable bonds is 1. The maximum atomic E-state index is 11.9. The minimum atomic E-state index is -0.850. The summed E-state index contributed by atoms with van der Waals surface area (Å²) in [5.41, 5.74) is 1.32. The number of hydrogen-bond donors (Lipinski definition) is 2. The molecule has 0 fully saturated rings. The average molecular weight is 275 g/mol. The smallest absolute Gasteiger partial charge is 0.263 e. The highest BCUT2D eigenvalue weighted by atomic mass is 35.5. The van der Waals surface area contributed by atoms with Crippen molar-refractivity contribution in [2.45, 2.75) is 5.50 Å². The second-order valence-corrected chi connectivity index (χ2v) is 4.65. The SMILES string of the molecule is O=C1Nc2ccccc2N(c2cccc(O)c2)[C@H]1Cl. The molecule has 0 aromatic heterocycles. The van der Waals surface area contributed by atoms with Gasteiger partial charge in [-0.3, -0.25) is 4.79 Å². The quantitative estimate of drug-likeness (QED) is 0.621. The molecule has 0 radical (unpaired) electrons. The molecule has 0 spiro atoms. The molecule has 1 atom stereocenters. The number of amides is 1. The summed E-state index contributed by atoms with van der Waals surface area (Å²) < 4.78 is 0. The van der Waals surface area contributed by atoms with Gasteiger partial charge in [-0.15, -0.1) is 0 Å². The molecule has 1 heterocycles. The lowest BCUT2D eigenvalue weighted by Gasteiger charge is -2.34. The number of benzene rings is 2. The first-order chi connectivity index (χ1) is 9.16. The summed E-state index contributed by atoms with van der Waals surface area (Å²) in [4.78, 5) is 13.6. The van der Waals surface area contributed by atoms with E-state index < -0.39 is 5.50 Å². The van der Waals surface area contributed by atoms with Crippen molar-refractivity contribution in [3.63, 3.8) is 0 Å². The molecule has 4 nitrogen and oxygen atoms in total. The van der Waals surface area contributed by atoms with Crippen LogP contribution in [0.15, 0.2) is 48.5 Å². The van der Waals surface area contributed by atoms with E-state index in [0.717, 1.165) is 5.69 Å². The highest BCUT2D eigenvalue weighted by Gasteiger charge is 2.32. The summed E-state index contributed by atoms with van der Waals surface area (Å²) in [7, 11) is 0. The second-order valence-electron chi connectivity index (χ2n) is 4.23. The molecule has 1 aliphatic heterocycles. The van der Waals surface area contributed by atoms with Gasteiger partial charge in [-0.2, -0.15) is 0 Å². The van der Waals surface area contributed by atoms with Crippen molar-refractivity contribution < 1.29 is 9.90 Å². The highest BCUT2D eigenvalue weighted by molar-refractivity contribution is 6.36. The number of halogens is 1. The van der Waals surface area contributed by atoms with Crippen LogP contribution in [0.4, 0.5) is 17.1 Å². The predicted octanol–water partition coefficient (Wildman–Crippen LogP) is 3.05. The summed E-state index contributed by atoms with van der Waals surface area (Å²) in [6, 6.07) is 14.0. The lowest BCUT2D eigenvalue weighted by molar-refractivity contribution is -0.115. The van der Waals surface area contributed by atoms with Gasteiger partial charge < -0.3 is 15.3 Å². The number of carbonyl (C=O) groups is 1. The van der Waals surface area contributed by atoms with Crippen molar-refractivity contribution in [2.75, 3.05) is 10.2 Å². The van der Waals surface area contributed by atoms with Gasteiger partial charge in [0.1, 0.15) is 5.75 Å². The number of carbonyl (C=O) groups excluding carboxylic acids is 1. The Morgan fingerprint density at radius 1 is 1.16 bits per heavy atom. The van der Waals surface area contributed by atoms with E-state index in [1.165, 1.54) is 0 Å². The van der Waals surface area contributed by atoms with Crippen LogP contribution in [0.3, 0.4) is 0 Å². The molecule has 0 bridgehead atoms. The summed E-state index contributed by atoms with van der Waals surface area (Å²) in [6.45, 7) is 0. The van der Waals surface area contributed by atoms with Gasteiger partial charge in [-0.1, -0.05) is 29.8 Å². The van der Waals surface area contributed by atoms with Crippen molar-refractivity contribution >= 4 is 34.6 Å². The van der Waals surface area contributed by atoms with Gasteiger partial charge in [0.15, 0.2) is 5.50 Å². The number of hydrogen-bond acceptors (Lipinski definition) is 3. The van der Waals surface area contributed by atoms with Crippen LogP contribution < -0.4 is 10.2 Å². The number of anilines is 3. The van der Waals surface area contributed by atoms with Crippen LogP contribution in [0.25, 0.3) is 0 Å². The van der Waals surface area contributed by atoms with Gasteiger partial charge in [0.25, 0.3) is 5.91 Å². The number of aromatic hydroxyl groups is 1. The van der Waals surface area contributed by atoms with E-state index in [2.05, 4.69) is 5.32 Å². The van der Waals surface area contributed by atoms with Crippen LogP contribution in [-0.4, -0.2) is 16.5 Å². The molecule has 19 heavy (non-hydrogen) atoms. The number of fused-ring (bicyclic) bond motifs is 1. The molecule has 0 saturated carbocycles. The van der Waals surface area contributed by atoms with Crippen molar-refractivity contribution in [1.29, 1.82) is 0 Å². The lowest BCUT2D eigenvalue weighted by Crippen LogP contribution is -2.41. The Morgan fingerprint density at radius 3 is 2.74 bits per heavy atom. The molecule has 5 heteroatoms. The average Bonchev–Trinajstić information content (AvgIpc) is 2.40. The van der Waals surface area contributed by atoms with Crippen LogP contribution in [0.2, 0.25) is 0 Å².